The highest BCUT2D eigenvalue weighted by molar-refractivity contribution is 5.77. The molecule has 0 saturated carbocycles. The highest BCUT2D eigenvalue weighted by Gasteiger charge is 2.07. The number of nitrogens with one attached hydrogen (secondary N) is 1. The van der Waals surface area contributed by atoms with Crippen molar-refractivity contribution in [1.82, 2.24) is 14.7 Å². The lowest BCUT2D eigenvalue weighted by atomic mass is 10.4. The van der Waals surface area contributed by atoms with Gasteiger partial charge in [0.05, 0.1) is 5.69 Å². The summed E-state index contributed by atoms with van der Waals surface area (Å²) in [4.78, 5) is 15.8. The van der Waals surface area contributed by atoms with Crippen LogP contribution in [0.5, 0.6) is 5.75 Å². The first-order valence-electron chi connectivity index (χ1n) is 6.04. The third-order valence-corrected chi connectivity index (χ3v) is 2.50. The van der Waals surface area contributed by atoms with E-state index in [1.807, 2.05) is 42.8 Å². The number of hydrogen-bond donors (Lipinski definition) is 1. The fourth-order valence-corrected chi connectivity index (χ4v) is 1.68. The van der Waals surface area contributed by atoms with Gasteiger partial charge in [0.15, 0.2) is 18.0 Å². The highest BCUT2D eigenvalue weighted by Crippen LogP contribution is 2.18. The van der Waals surface area contributed by atoms with Crippen molar-refractivity contribution in [2.45, 2.75) is 20.3 Å². The molecule has 5 nitrogen and oxygen atoms in total. The van der Waals surface area contributed by atoms with Crippen LogP contribution in [0.25, 0.3) is 5.65 Å². The molecular weight excluding hydrogens is 230 g/mol. The van der Waals surface area contributed by atoms with Crippen LogP contribution < -0.4 is 10.1 Å². The Morgan fingerprint density at radius 2 is 2.39 bits per heavy atom. The van der Waals surface area contributed by atoms with Gasteiger partial charge < -0.3 is 14.5 Å². The number of nitrogens with zero attached hydrogens (tertiary/aromatic N) is 2. The smallest absolute Gasteiger partial charge is 0.257 e. The fourth-order valence-electron chi connectivity index (χ4n) is 1.68. The molecule has 0 spiro atoms. The minimum Gasteiger partial charge on any atom is -0.480 e. The number of hydrogen-bond acceptors (Lipinski definition) is 3. The molecule has 0 aliphatic carbocycles. The number of carbonyl (C=O) groups excluding carboxylic acids is 1. The van der Waals surface area contributed by atoms with Crippen molar-refractivity contribution in [3.05, 3.63) is 30.2 Å². The van der Waals surface area contributed by atoms with Gasteiger partial charge in [-0.1, -0.05) is 6.92 Å². The number of ether oxygens (including phenoxy) is 1. The molecule has 0 fully saturated rings. The number of carbonyl (C=O) groups is 1. The van der Waals surface area contributed by atoms with Gasteiger partial charge in [0.1, 0.15) is 0 Å². The summed E-state index contributed by atoms with van der Waals surface area (Å²) in [5, 5.41) is 2.76. The maximum atomic E-state index is 11.5. The molecule has 0 aliphatic rings. The van der Waals surface area contributed by atoms with Crippen LogP contribution in [0.4, 0.5) is 0 Å². The third kappa shape index (κ3) is 2.80. The summed E-state index contributed by atoms with van der Waals surface area (Å²) in [7, 11) is 0. The van der Waals surface area contributed by atoms with Crippen LogP contribution in [0.2, 0.25) is 0 Å². The van der Waals surface area contributed by atoms with Crippen LogP contribution >= 0.6 is 0 Å². The lowest BCUT2D eigenvalue weighted by molar-refractivity contribution is -0.123. The quantitative estimate of drug-likeness (QED) is 0.872. The molecule has 96 valence electrons. The average Bonchev–Trinajstić information content (AvgIpc) is 2.74. The van der Waals surface area contributed by atoms with E-state index in [0.29, 0.717) is 12.3 Å². The Kier molecular flexibility index (Phi) is 3.82. The lowest BCUT2D eigenvalue weighted by Crippen LogP contribution is -2.29. The third-order valence-electron chi connectivity index (χ3n) is 2.50. The van der Waals surface area contributed by atoms with Gasteiger partial charge >= 0.3 is 0 Å². The molecule has 2 heterocycles. The van der Waals surface area contributed by atoms with Crippen molar-refractivity contribution in [3.63, 3.8) is 0 Å². The van der Waals surface area contributed by atoms with Crippen molar-refractivity contribution in [2.75, 3.05) is 13.2 Å². The van der Waals surface area contributed by atoms with Gasteiger partial charge in [-0.25, -0.2) is 4.98 Å². The molecule has 0 atom stereocenters. The van der Waals surface area contributed by atoms with Gasteiger partial charge in [-0.05, 0) is 25.5 Å². The summed E-state index contributed by atoms with van der Waals surface area (Å²) in [5.41, 5.74) is 1.65. The first-order valence-corrected chi connectivity index (χ1v) is 6.04. The number of amides is 1. The second-order valence-electron chi connectivity index (χ2n) is 4.12. The normalized spacial score (nSPS) is 10.6. The van der Waals surface area contributed by atoms with Crippen LogP contribution in [0.15, 0.2) is 24.5 Å². The van der Waals surface area contributed by atoms with E-state index >= 15 is 0 Å². The van der Waals surface area contributed by atoms with E-state index in [2.05, 4.69) is 10.3 Å². The molecule has 0 unspecified atom stereocenters. The molecular formula is C13H17N3O2. The predicted octanol–water partition coefficient (Wildman–Crippen LogP) is 1.55. The monoisotopic (exact) mass is 247 g/mol. The van der Waals surface area contributed by atoms with E-state index in [9.17, 15) is 4.79 Å². The summed E-state index contributed by atoms with van der Waals surface area (Å²) < 4.78 is 7.38. The molecule has 0 bridgehead atoms. The fraction of sp³-hybridized carbons (Fsp3) is 0.385. The summed E-state index contributed by atoms with van der Waals surface area (Å²) in [6.45, 7) is 4.63. The van der Waals surface area contributed by atoms with Gasteiger partial charge in [-0.3, -0.25) is 4.79 Å². The Morgan fingerprint density at radius 1 is 1.56 bits per heavy atom. The summed E-state index contributed by atoms with van der Waals surface area (Å²) in [6.07, 6.45) is 4.74. The van der Waals surface area contributed by atoms with Crippen molar-refractivity contribution in [3.8, 4) is 5.75 Å². The van der Waals surface area contributed by atoms with E-state index in [1.165, 1.54) is 0 Å². The van der Waals surface area contributed by atoms with Crippen molar-refractivity contribution in [2.24, 2.45) is 0 Å². The minimum atomic E-state index is -0.109. The average molecular weight is 247 g/mol. The second kappa shape index (κ2) is 5.53. The second-order valence-corrected chi connectivity index (χ2v) is 4.12. The first kappa shape index (κ1) is 12.4. The molecule has 2 rings (SSSR count). The SMILES string of the molecule is CCCNC(=O)COc1cccn2cc(C)nc12. The number of aryl methyl sites for hydroxylation is 1. The predicted molar refractivity (Wildman–Crippen MR) is 68.7 cm³/mol. The summed E-state index contributed by atoms with van der Waals surface area (Å²) in [5.74, 6) is 0.513. The largest absolute Gasteiger partial charge is 0.480 e. The Hall–Kier alpha value is -2.04. The van der Waals surface area contributed by atoms with Crippen molar-refractivity contribution < 1.29 is 9.53 Å². The van der Waals surface area contributed by atoms with Crippen LogP contribution in [0.3, 0.4) is 0 Å². The van der Waals surface area contributed by atoms with Crippen LogP contribution in [-0.2, 0) is 4.79 Å². The van der Waals surface area contributed by atoms with Gasteiger partial charge in [0, 0.05) is 18.9 Å². The Bertz CT molecular complexity index is 548. The van der Waals surface area contributed by atoms with E-state index in [4.69, 9.17) is 4.74 Å². The molecule has 0 saturated heterocycles. The number of aromatic nitrogens is 2. The lowest BCUT2D eigenvalue weighted by Gasteiger charge is -2.07. The van der Waals surface area contributed by atoms with Crippen LogP contribution in [0, 0.1) is 6.92 Å². The maximum Gasteiger partial charge on any atom is 0.257 e. The molecule has 2 aromatic rings. The van der Waals surface area contributed by atoms with Crippen molar-refractivity contribution in [1.29, 1.82) is 0 Å². The van der Waals surface area contributed by atoms with E-state index in [1.54, 1.807) is 0 Å². The number of pyridine rings is 1. The standard InChI is InChI=1S/C13H17N3O2/c1-3-6-14-12(17)9-18-11-5-4-7-16-8-10(2)15-13(11)16/h4-5,7-8H,3,6,9H2,1-2H3,(H,14,17). The zero-order valence-corrected chi connectivity index (χ0v) is 10.6. The van der Waals surface area contributed by atoms with Crippen molar-refractivity contribution >= 4 is 11.6 Å². The molecule has 5 heteroatoms. The zero-order chi connectivity index (χ0) is 13.0. The van der Waals surface area contributed by atoms with Gasteiger partial charge in [0.2, 0.25) is 0 Å². The van der Waals surface area contributed by atoms with Gasteiger partial charge in [-0.15, -0.1) is 0 Å². The molecule has 1 amide bonds. The highest BCUT2D eigenvalue weighted by atomic mass is 16.5. The summed E-state index contributed by atoms with van der Waals surface area (Å²) in [6, 6.07) is 3.68. The van der Waals surface area contributed by atoms with E-state index in [-0.39, 0.29) is 12.5 Å². The maximum absolute atomic E-state index is 11.5. The first-order chi connectivity index (χ1) is 8.70. The molecule has 1 N–H and O–H groups in total. The zero-order valence-electron chi connectivity index (χ0n) is 10.6. The Labute approximate surface area is 106 Å². The molecule has 0 aromatic carbocycles. The van der Waals surface area contributed by atoms with Crippen LogP contribution in [-0.4, -0.2) is 28.4 Å². The van der Waals surface area contributed by atoms with E-state index < -0.39 is 0 Å². The Morgan fingerprint density at radius 3 is 3.17 bits per heavy atom. The molecule has 0 radical (unpaired) electrons. The number of rotatable bonds is 5. The number of fused-ring (bicyclic) bond motifs is 1. The van der Waals surface area contributed by atoms with Crippen LogP contribution in [0.1, 0.15) is 19.0 Å². The van der Waals surface area contributed by atoms with Gasteiger partial charge in [0.25, 0.3) is 5.91 Å². The van der Waals surface area contributed by atoms with E-state index in [0.717, 1.165) is 17.8 Å². The summed E-state index contributed by atoms with van der Waals surface area (Å²) >= 11 is 0. The number of imidazole rings is 1. The molecule has 2 aromatic heterocycles. The topological polar surface area (TPSA) is 55.6 Å². The molecule has 18 heavy (non-hydrogen) atoms. The van der Waals surface area contributed by atoms with Gasteiger partial charge in [-0.2, -0.15) is 0 Å². The molecule has 0 aliphatic heterocycles. The Balaban J connectivity index is 2.05. The minimum absolute atomic E-state index is 0.0194.